The lowest BCUT2D eigenvalue weighted by Gasteiger charge is -2.38. The quantitative estimate of drug-likeness (QED) is 0.351. The number of hydrogen-bond acceptors (Lipinski definition) is 4. The lowest BCUT2D eigenvalue weighted by Crippen LogP contribution is -2.54. The predicted octanol–water partition coefficient (Wildman–Crippen LogP) is 6.16. The highest BCUT2D eigenvalue weighted by Gasteiger charge is 2.38. The van der Waals surface area contributed by atoms with Crippen molar-refractivity contribution in [2.75, 3.05) is 52.4 Å². The first-order valence-electron chi connectivity index (χ1n) is 16.4. The molecule has 12 heteroatoms. The molecule has 3 aliphatic rings. The molecule has 3 amide bonds. The van der Waals surface area contributed by atoms with Crippen LogP contribution in [0.5, 0.6) is 0 Å². The Bertz CT molecular complexity index is 1550. The van der Waals surface area contributed by atoms with E-state index in [0.29, 0.717) is 37.8 Å². The van der Waals surface area contributed by atoms with Crippen LogP contribution in [0.1, 0.15) is 70.8 Å². The highest BCUT2D eigenvalue weighted by molar-refractivity contribution is 6.01. The van der Waals surface area contributed by atoms with Gasteiger partial charge in [-0.2, -0.15) is 13.2 Å². The molecule has 0 bridgehead atoms. The number of hydrogen-bond donors (Lipinski definition) is 2. The standard InChI is InChI=1S/C33H43N5O2.C2HF3O2/c1-24-9-8-10-25(2)30(24)26-13-17-35(18-14-26)23-28-27-11-4-5-12-29(27)34-31(28)32(39)36-19-21-38(22-20-36)33(40)37-15-6-3-7-16-37;3-2(4,5)1(6)7/h4-5,8-12,26,34H,3,6-7,13-23H2,1-2H3;(H,6,7). The normalized spacial score (nSPS) is 18.2. The number of carboxylic acid groups (broad SMARTS) is 1. The van der Waals surface area contributed by atoms with E-state index in [2.05, 4.69) is 60.1 Å². The molecular weight excluding hydrogens is 611 g/mol. The van der Waals surface area contributed by atoms with E-state index in [1.807, 2.05) is 20.8 Å². The second-order valence-electron chi connectivity index (χ2n) is 12.8. The van der Waals surface area contributed by atoms with Crippen molar-refractivity contribution in [1.29, 1.82) is 0 Å². The molecule has 2 N–H and O–H groups in total. The average molecular weight is 656 g/mol. The Morgan fingerprint density at radius 2 is 1.34 bits per heavy atom. The van der Waals surface area contributed by atoms with Crippen molar-refractivity contribution in [3.63, 3.8) is 0 Å². The number of benzene rings is 2. The maximum atomic E-state index is 13.9. The van der Waals surface area contributed by atoms with Crippen molar-refractivity contribution in [1.82, 2.24) is 24.6 Å². The monoisotopic (exact) mass is 655 g/mol. The van der Waals surface area contributed by atoms with Crippen LogP contribution >= 0.6 is 0 Å². The molecule has 3 aliphatic heterocycles. The van der Waals surface area contributed by atoms with Gasteiger partial charge in [0.1, 0.15) is 5.69 Å². The third-order valence-electron chi connectivity index (χ3n) is 9.65. The summed E-state index contributed by atoms with van der Waals surface area (Å²) in [4.78, 5) is 47.6. The number of fused-ring (bicyclic) bond motifs is 1. The number of carbonyl (C=O) groups is 3. The summed E-state index contributed by atoms with van der Waals surface area (Å²) in [5, 5.41) is 8.27. The molecule has 0 aliphatic carbocycles. The summed E-state index contributed by atoms with van der Waals surface area (Å²) >= 11 is 0. The Hall–Kier alpha value is -4.06. The van der Waals surface area contributed by atoms with Crippen LogP contribution in [0.15, 0.2) is 42.5 Å². The molecule has 0 radical (unpaired) electrons. The molecule has 0 spiro atoms. The molecule has 3 fully saturated rings. The van der Waals surface area contributed by atoms with E-state index in [0.717, 1.165) is 74.9 Å². The van der Waals surface area contributed by atoms with Crippen LogP contribution in [-0.4, -0.2) is 106 Å². The first-order chi connectivity index (χ1) is 22.4. The Morgan fingerprint density at radius 3 is 1.94 bits per heavy atom. The Labute approximate surface area is 273 Å². The zero-order valence-electron chi connectivity index (χ0n) is 27.1. The topological polar surface area (TPSA) is 100 Å². The number of likely N-dealkylation sites (tertiary alicyclic amines) is 2. The number of aromatic amines is 1. The third-order valence-corrected chi connectivity index (χ3v) is 9.65. The molecule has 254 valence electrons. The van der Waals surface area contributed by atoms with E-state index in [1.165, 1.54) is 23.1 Å². The molecule has 6 rings (SSSR count). The minimum absolute atomic E-state index is 0.0571. The van der Waals surface area contributed by atoms with Crippen LogP contribution in [0.4, 0.5) is 18.0 Å². The number of piperazine rings is 1. The van der Waals surface area contributed by atoms with Gasteiger partial charge >= 0.3 is 18.2 Å². The van der Waals surface area contributed by atoms with E-state index in [4.69, 9.17) is 9.90 Å². The lowest BCUT2D eigenvalue weighted by molar-refractivity contribution is -0.192. The maximum absolute atomic E-state index is 13.9. The number of para-hydroxylation sites is 1. The molecule has 1 aromatic heterocycles. The molecular formula is C35H44F3N5O4. The third kappa shape index (κ3) is 8.09. The van der Waals surface area contributed by atoms with Crippen molar-refractivity contribution >= 4 is 28.8 Å². The van der Waals surface area contributed by atoms with Crippen LogP contribution in [0.25, 0.3) is 10.9 Å². The highest BCUT2D eigenvalue weighted by atomic mass is 19.4. The summed E-state index contributed by atoms with van der Waals surface area (Å²) in [6, 6.07) is 15.1. The van der Waals surface area contributed by atoms with Crippen molar-refractivity contribution < 1.29 is 32.7 Å². The summed E-state index contributed by atoms with van der Waals surface area (Å²) in [7, 11) is 0. The number of piperidine rings is 2. The molecule has 0 unspecified atom stereocenters. The number of urea groups is 1. The van der Waals surface area contributed by atoms with Gasteiger partial charge in [0, 0.05) is 62.3 Å². The smallest absolute Gasteiger partial charge is 0.475 e. The molecule has 0 saturated carbocycles. The lowest BCUT2D eigenvalue weighted by atomic mass is 9.84. The van der Waals surface area contributed by atoms with Crippen LogP contribution in [-0.2, 0) is 11.3 Å². The van der Waals surface area contributed by atoms with Gasteiger partial charge in [-0.15, -0.1) is 0 Å². The number of aliphatic carboxylic acids is 1. The molecule has 0 atom stereocenters. The van der Waals surface area contributed by atoms with Crippen molar-refractivity contribution in [2.45, 2.75) is 64.6 Å². The second kappa shape index (κ2) is 14.8. The molecule has 3 aromatic rings. The first-order valence-corrected chi connectivity index (χ1v) is 16.4. The van der Waals surface area contributed by atoms with Crippen LogP contribution in [0, 0.1) is 13.8 Å². The van der Waals surface area contributed by atoms with Gasteiger partial charge < -0.3 is 24.8 Å². The Balaban J connectivity index is 0.000000559. The summed E-state index contributed by atoms with van der Waals surface area (Å²) in [5.41, 5.74) is 7.18. The van der Waals surface area contributed by atoms with Gasteiger partial charge in [-0.1, -0.05) is 36.4 Å². The number of carboxylic acids is 1. The molecule has 2 aromatic carbocycles. The van der Waals surface area contributed by atoms with Crippen molar-refractivity contribution in [3.05, 3.63) is 70.4 Å². The number of carbonyl (C=O) groups excluding carboxylic acids is 2. The number of halogens is 3. The minimum atomic E-state index is -5.08. The van der Waals surface area contributed by atoms with Gasteiger partial charge in [0.25, 0.3) is 5.91 Å². The van der Waals surface area contributed by atoms with Crippen molar-refractivity contribution in [3.8, 4) is 0 Å². The molecule has 4 heterocycles. The van der Waals surface area contributed by atoms with Gasteiger partial charge in [-0.05, 0) is 87.7 Å². The number of rotatable bonds is 4. The number of nitrogens with one attached hydrogen (secondary N) is 1. The fourth-order valence-electron chi connectivity index (χ4n) is 7.17. The van der Waals surface area contributed by atoms with E-state index < -0.39 is 12.1 Å². The largest absolute Gasteiger partial charge is 0.490 e. The molecule has 3 saturated heterocycles. The summed E-state index contributed by atoms with van der Waals surface area (Å²) in [6.07, 6.45) is 0.602. The van der Waals surface area contributed by atoms with E-state index >= 15 is 0 Å². The van der Waals surface area contributed by atoms with E-state index in [1.54, 1.807) is 0 Å². The number of H-pyrrole nitrogens is 1. The molecule has 47 heavy (non-hydrogen) atoms. The minimum Gasteiger partial charge on any atom is -0.475 e. The SMILES string of the molecule is Cc1cccc(C)c1C1CCN(Cc2c(C(=O)N3CCN(C(=O)N4CCCCC4)CC3)[nH]c3ccccc23)CC1.O=C(O)C(F)(F)F. The fourth-order valence-corrected chi connectivity index (χ4v) is 7.17. The zero-order valence-corrected chi connectivity index (χ0v) is 27.1. The van der Waals surface area contributed by atoms with Crippen LogP contribution in [0.2, 0.25) is 0 Å². The van der Waals surface area contributed by atoms with E-state index in [9.17, 15) is 22.8 Å². The summed E-state index contributed by atoms with van der Waals surface area (Å²) < 4.78 is 31.7. The van der Waals surface area contributed by atoms with Crippen molar-refractivity contribution in [2.24, 2.45) is 0 Å². The Morgan fingerprint density at radius 1 is 0.787 bits per heavy atom. The number of aryl methyl sites for hydroxylation is 2. The number of alkyl halides is 3. The van der Waals surface area contributed by atoms with Gasteiger partial charge in [0.05, 0.1) is 0 Å². The summed E-state index contributed by atoms with van der Waals surface area (Å²) in [5.74, 6) is -2.10. The zero-order chi connectivity index (χ0) is 33.7. The summed E-state index contributed by atoms with van der Waals surface area (Å²) in [6.45, 7) is 11.4. The average Bonchev–Trinajstić information content (AvgIpc) is 3.43. The van der Waals surface area contributed by atoms with Gasteiger partial charge in [-0.3, -0.25) is 9.69 Å². The van der Waals surface area contributed by atoms with Gasteiger partial charge in [0.2, 0.25) is 0 Å². The Kier molecular flexibility index (Phi) is 10.8. The number of nitrogens with zero attached hydrogens (tertiary/aromatic N) is 4. The van der Waals surface area contributed by atoms with Gasteiger partial charge in [-0.25, -0.2) is 9.59 Å². The molecule has 9 nitrogen and oxygen atoms in total. The number of aromatic nitrogens is 1. The predicted molar refractivity (Wildman–Crippen MR) is 173 cm³/mol. The first kappa shape index (κ1) is 34.3. The second-order valence-corrected chi connectivity index (χ2v) is 12.8. The highest BCUT2D eigenvalue weighted by Crippen LogP contribution is 2.34. The van der Waals surface area contributed by atoms with Gasteiger partial charge in [0.15, 0.2) is 0 Å². The maximum Gasteiger partial charge on any atom is 0.490 e. The fraction of sp³-hybridized carbons (Fsp3) is 0.514. The van der Waals surface area contributed by atoms with E-state index in [-0.39, 0.29) is 11.9 Å². The van der Waals surface area contributed by atoms with Crippen LogP contribution in [0.3, 0.4) is 0 Å². The number of amides is 3. The van der Waals surface area contributed by atoms with Crippen LogP contribution < -0.4 is 0 Å².